The van der Waals surface area contributed by atoms with Crippen LogP contribution in [0, 0.1) is 0 Å². The maximum atomic E-state index is 3.31. The monoisotopic (exact) mass is 280 g/mol. The van der Waals surface area contributed by atoms with Crippen LogP contribution in [-0.4, -0.2) is 31.1 Å². The fraction of sp³-hybridized carbons (Fsp3) is 0.368. The molecular weight excluding hydrogens is 256 g/mol. The van der Waals surface area contributed by atoms with Crippen molar-refractivity contribution < 1.29 is 0 Å². The summed E-state index contributed by atoms with van der Waals surface area (Å²) in [4.78, 5) is 2.61. The summed E-state index contributed by atoms with van der Waals surface area (Å²) >= 11 is 0. The summed E-state index contributed by atoms with van der Waals surface area (Å²) in [5.41, 5.74) is 4.00. The molecule has 0 amide bonds. The highest BCUT2D eigenvalue weighted by Crippen LogP contribution is 2.22. The Morgan fingerprint density at radius 3 is 2.43 bits per heavy atom. The Hall–Kier alpha value is -1.64. The average Bonchev–Trinajstić information content (AvgIpc) is 2.96. The zero-order valence-electron chi connectivity index (χ0n) is 12.8. The SMILES string of the molecule is CNCC1CCCN1Cc1ccc(-c2ccccc2)cc1. The highest BCUT2D eigenvalue weighted by Gasteiger charge is 2.23. The average molecular weight is 280 g/mol. The minimum absolute atomic E-state index is 0.698. The van der Waals surface area contributed by atoms with Crippen LogP contribution in [0.3, 0.4) is 0 Å². The van der Waals surface area contributed by atoms with Crippen molar-refractivity contribution in [1.29, 1.82) is 0 Å². The van der Waals surface area contributed by atoms with Gasteiger partial charge in [0.05, 0.1) is 0 Å². The molecule has 2 nitrogen and oxygen atoms in total. The number of hydrogen-bond donors (Lipinski definition) is 1. The molecule has 2 aromatic carbocycles. The minimum atomic E-state index is 0.698. The topological polar surface area (TPSA) is 15.3 Å². The highest BCUT2D eigenvalue weighted by molar-refractivity contribution is 5.63. The van der Waals surface area contributed by atoms with E-state index in [0.717, 1.165) is 13.1 Å². The molecule has 1 fully saturated rings. The van der Waals surface area contributed by atoms with Crippen molar-refractivity contribution >= 4 is 0 Å². The van der Waals surface area contributed by atoms with Gasteiger partial charge in [0.25, 0.3) is 0 Å². The second-order valence-corrected chi connectivity index (χ2v) is 5.89. The molecule has 0 aromatic heterocycles. The molecule has 21 heavy (non-hydrogen) atoms. The van der Waals surface area contributed by atoms with Crippen LogP contribution in [0.5, 0.6) is 0 Å². The lowest BCUT2D eigenvalue weighted by Gasteiger charge is -2.24. The van der Waals surface area contributed by atoms with Gasteiger partial charge in [0.2, 0.25) is 0 Å². The van der Waals surface area contributed by atoms with Gasteiger partial charge >= 0.3 is 0 Å². The van der Waals surface area contributed by atoms with Crippen LogP contribution in [0.25, 0.3) is 11.1 Å². The highest BCUT2D eigenvalue weighted by atomic mass is 15.2. The van der Waals surface area contributed by atoms with Gasteiger partial charge in [-0.25, -0.2) is 0 Å². The molecule has 1 aliphatic heterocycles. The molecule has 0 aliphatic carbocycles. The molecule has 1 N–H and O–H groups in total. The summed E-state index contributed by atoms with van der Waals surface area (Å²) in [6.07, 6.45) is 2.65. The summed E-state index contributed by atoms with van der Waals surface area (Å²) in [7, 11) is 2.05. The normalized spacial score (nSPS) is 19.0. The van der Waals surface area contributed by atoms with E-state index in [1.165, 1.54) is 36.1 Å². The van der Waals surface area contributed by atoms with E-state index in [4.69, 9.17) is 0 Å². The summed E-state index contributed by atoms with van der Waals surface area (Å²) < 4.78 is 0. The standard InChI is InChI=1S/C19H24N2/c1-20-14-19-8-5-13-21(19)15-16-9-11-18(12-10-16)17-6-3-2-4-7-17/h2-4,6-7,9-12,19-20H,5,8,13-15H2,1H3. The molecular formula is C19H24N2. The van der Waals surface area contributed by atoms with E-state index >= 15 is 0 Å². The van der Waals surface area contributed by atoms with E-state index < -0.39 is 0 Å². The van der Waals surface area contributed by atoms with E-state index in [1.54, 1.807) is 0 Å². The van der Waals surface area contributed by atoms with Crippen molar-refractivity contribution in [2.45, 2.75) is 25.4 Å². The summed E-state index contributed by atoms with van der Waals surface area (Å²) in [6.45, 7) is 3.40. The molecule has 2 heteroatoms. The molecule has 1 saturated heterocycles. The Bertz CT molecular complexity index is 548. The van der Waals surface area contributed by atoms with Crippen LogP contribution >= 0.6 is 0 Å². The number of hydrogen-bond acceptors (Lipinski definition) is 2. The van der Waals surface area contributed by atoms with Gasteiger partial charge in [0.1, 0.15) is 0 Å². The van der Waals surface area contributed by atoms with Crippen LogP contribution in [0.2, 0.25) is 0 Å². The van der Waals surface area contributed by atoms with Gasteiger partial charge < -0.3 is 5.32 Å². The molecule has 110 valence electrons. The van der Waals surface area contributed by atoms with Crippen molar-refractivity contribution in [3.63, 3.8) is 0 Å². The lowest BCUT2D eigenvalue weighted by molar-refractivity contribution is 0.242. The van der Waals surface area contributed by atoms with E-state index in [1.807, 2.05) is 7.05 Å². The zero-order chi connectivity index (χ0) is 14.5. The van der Waals surface area contributed by atoms with E-state index in [-0.39, 0.29) is 0 Å². The molecule has 0 saturated carbocycles. The lowest BCUT2D eigenvalue weighted by atomic mass is 10.0. The van der Waals surface area contributed by atoms with Crippen LogP contribution in [0.1, 0.15) is 18.4 Å². The first-order chi connectivity index (χ1) is 10.4. The van der Waals surface area contributed by atoms with Crippen molar-refractivity contribution in [2.24, 2.45) is 0 Å². The third kappa shape index (κ3) is 3.52. The molecule has 0 spiro atoms. The molecule has 1 atom stereocenters. The first-order valence-electron chi connectivity index (χ1n) is 7.90. The first-order valence-corrected chi connectivity index (χ1v) is 7.90. The smallest absolute Gasteiger partial charge is 0.0237 e. The van der Waals surface area contributed by atoms with Crippen LogP contribution in [0.4, 0.5) is 0 Å². The third-order valence-electron chi connectivity index (χ3n) is 4.39. The van der Waals surface area contributed by atoms with Gasteiger partial charge in [-0.3, -0.25) is 4.90 Å². The maximum Gasteiger partial charge on any atom is 0.0237 e. The van der Waals surface area contributed by atoms with E-state index in [0.29, 0.717) is 6.04 Å². The summed E-state index contributed by atoms with van der Waals surface area (Å²) in [6, 6.07) is 20.3. The third-order valence-corrected chi connectivity index (χ3v) is 4.39. The van der Waals surface area contributed by atoms with Crippen molar-refractivity contribution in [3.05, 3.63) is 60.2 Å². The maximum absolute atomic E-state index is 3.31. The van der Waals surface area contributed by atoms with Crippen molar-refractivity contribution in [2.75, 3.05) is 20.1 Å². The summed E-state index contributed by atoms with van der Waals surface area (Å²) in [5.74, 6) is 0. The molecule has 1 heterocycles. The predicted octanol–water partition coefficient (Wildman–Crippen LogP) is 3.54. The largest absolute Gasteiger partial charge is 0.318 e. The fourth-order valence-electron chi connectivity index (χ4n) is 3.24. The Kier molecular flexibility index (Phi) is 4.69. The number of likely N-dealkylation sites (tertiary alicyclic amines) is 1. The Morgan fingerprint density at radius 1 is 1.00 bits per heavy atom. The molecule has 1 aliphatic rings. The lowest BCUT2D eigenvalue weighted by Crippen LogP contribution is -2.36. The quantitative estimate of drug-likeness (QED) is 0.901. The predicted molar refractivity (Wildman–Crippen MR) is 89.2 cm³/mol. The first kappa shape index (κ1) is 14.3. The Morgan fingerprint density at radius 2 is 1.71 bits per heavy atom. The van der Waals surface area contributed by atoms with Gasteiger partial charge in [-0.05, 0) is 43.1 Å². The van der Waals surface area contributed by atoms with Crippen LogP contribution in [0.15, 0.2) is 54.6 Å². The van der Waals surface area contributed by atoms with Crippen LogP contribution in [-0.2, 0) is 6.54 Å². The number of likely N-dealkylation sites (N-methyl/N-ethyl adjacent to an activating group) is 1. The number of benzene rings is 2. The zero-order valence-corrected chi connectivity index (χ0v) is 12.8. The second-order valence-electron chi connectivity index (χ2n) is 5.89. The van der Waals surface area contributed by atoms with Gasteiger partial charge in [-0.15, -0.1) is 0 Å². The van der Waals surface area contributed by atoms with Gasteiger partial charge in [0, 0.05) is 19.1 Å². The van der Waals surface area contributed by atoms with Gasteiger partial charge in [-0.1, -0.05) is 54.6 Å². The van der Waals surface area contributed by atoms with Gasteiger partial charge in [0.15, 0.2) is 0 Å². The van der Waals surface area contributed by atoms with E-state index in [2.05, 4.69) is 64.8 Å². The van der Waals surface area contributed by atoms with Gasteiger partial charge in [-0.2, -0.15) is 0 Å². The minimum Gasteiger partial charge on any atom is -0.318 e. The Labute approximate surface area is 127 Å². The Balaban J connectivity index is 1.67. The second kappa shape index (κ2) is 6.88. The van der Waals surface area contributed by atoms with E-state index in [9.17, 15) is 0 Å². The van der Waals surface area contributed by atoms with Crippen molar-refractivity contribution in [3.8, 4) is 11.1 Å². The molecule has 0 bridgehead atoms. The number of rotatable bonds is 5. The molecule has 0 radical (unpaired) electrons. The van der Waals surface area contributed by atoms with Crippen molar-refractivity contribution in [1.82, 2.24) is 10.2 Å². The molecule has 2 aromatic rings. The van der Waals surface area contributed by atoms with Crippen LogP contribution < -0.4 is 5.32 Å². The number of nitrogens with one attached hydrogen (secondary N) is 1. The molecule has 3 rings (SSSR count). The summed E-state index contributed by atoms with van der Waals surface area (Å²) in [5, 5.41) is 3.31. The number of nitrogens with zero attached hydrogens (tertiary/aromatic N) is 1. The molecule has 1 unspecified atom stereocenters. The fourth-order valence-corrected chi connectivity index (χ4v) is 3.24.